The Morgan fingerprint density at radius 3 is 2.71 bits per heavy atom. The van der Waals surface area contributed by atoms with Crippen molar-refractivity contribution in [3.05, 3.63) is 76.2 Å². The molecule has 2 heterocycles. The molecule has 28 heavy (non-hydrogen) atoms. The van der Waals surface area contributed by atoms with E-state index in [1.807, 2.05) is 32.0 Å². The third-order valence-electron chi connectivity index (χ3n) is 4.79. The molecule has 4 rings (SSSR count). The van der Waals surface area contributed by atoms with Gasteiger partial charge in [-0.1, -0.05) is 41.0 Å². The molecule has 0 spiro atoms. The molecule has 7 nitrogen and oxygen atoms in total. The lowest BCUT2D eigenvalue weighted by molar-refractivity contribution is -0.113. The second-order valence-corrected chi connectivity index (χ2v) is 6.81. The minimum Gasteiger partial charge on any atom is -0.326 e. The topological polar surface area (TPSA) is 84.7 Å². The number of hydrogen-bond acceptors (Lipinski definition) is 5. The first kappa shape index (κ1) is 17.8. The highest BCUT2D eigenvalue weighted by Gasteiger charge is 2.35. The first-order valence-electron chi connectivity index (χ1n) is 8.84. The summed E-state index contributed by atoms with van der Waals surface area (Å²) in [6, 6.07) is 11.3. The number of allylic oxidation sites excluding steroid dienone is 1. The van der Waals surface area contributed by atoms with E-state index in [1.165, 1.54) is 10.7 Å². The number of tetrazole rings is 1. The number of carbonyl (C=O) groups is 1. The highest BCUT2D eigenvalue weighted by Crippen LogP contribution is 2.36. The van der Waals surface area contributed by atoms with Gasteiger partial charge in [0.1, 0.15) is 11.9 Å². The van der Waals surface area contributed by atoms with Gasteiger partial charge in [-0.15, -0.1) is 0 Å². The Kier molecular flexibility index (Phi) is 4.38. The molecular weight excluding hydrogens is 359 g/mol. The summed E-state index contributed by atoms with van der Waals surface area (Å²) in [7, 11) is 0. The van der Waals surface area contributed by atoms with Crippen molar-refractivity contribution < 1.29 is 9.18 Å². The first-order valence-corrected chi connectivity index (χ1v) is 8.84. The minimum atomic E-state index is -0.779. The van der Waals surface area contributed by atoms with Crippen molar-refractivity contribution in [3.63, 3.8) is 0 Å². The number of anilines is 2. The molecule has 142 valence electrons. The third-order valence-corrected chi connectivity index (χ3v) is 4.79. The van der Waals surface area contributed by atoms with E-state index in [0.29, 0.717) is 28.5 Å². The Bertz CT molecular complexity index is 1100. The van der Waals surface area contributed by atoms with Crippen molar-refractivity contribution in [2.45, 2.75) is 26.8 Å². The number of rotatable bonds is 3. The van der Waals surface area contributed by atoms with E-state index in [-0.39, 0.29) is 5.91 Å². The van der Waals surface area contributed by atoms with Crippen molar-refractivity contribution in [1.82, 2.24) is 20.2 Å². The summed E-state index contributed by atoms with van der Waals surface area (Å²) in [5, 5.41) is 17.5. The van der Waals surface area contributed by atoms with Gasteiger partial charge in [-0.2, -0.15) is 4.68 Å². The van der Waals surface area contributed by atoms with Crippen molar-refractivity contribution in [2.75, 3.05) is 10.6 Å². The van der Waals surface area contributed by atoms with Gasteiger partial charge in [0.15, 0.2) is 0 Å². The number of nitrogens with zero attached hydrogens (tertiary/aromatic N) is 4. The van der Waals surface area contributed by atoms with Gasteiger partial charge in [-0.25, -0.2) is 4.39 Å². The van der Waals surface area contributed by atoms with E-state index >= 15 is 0 Å². The summed E-state index contributed by atoms with van der Waals surface area (Å²) in [5.74, 6) is -0.416. The highest BCUT2D eigenvalue weighted by atomic mass is 19.1. The summed E-state index contributed by atoms with van der Waals surface area (Å²) in [5.41, 5.74) is 3.99. The molecule has 1 atom stereocenters. The average molecular weight is 378 g/mol. The lowest BCUT2D eigenvalue weighted by Crippen LogP contribution is -2.32. The van der Waals surface area contributed by atoms with Crippen molar-refractivity contribution in [3.8, 4) is 0 Å². The maximum Gasteiger partial charge on any atom is 0.255 e. The fourth-order valence-corrected chi connectivity index (χ4v) is 3.43. The summed E-state index contributed by atoms with van der Waals surface area (Å²) < 4.78 is 16.0. The number of amides is 1. The van der Waals surface area contributed by atoms with Crippen LogP contribution >= 0.6 is 0 Å². The molecule has 1 amide bonds. The van der Waals surface area contributed by atoms with E-state index < -0.39 is 11.9 Å². The summed E-state index contributed by atoms with van der Waals surface area (Å²) in [4.78, 5) is 13.2. The van der Waals surface area contributed by atoms with Gasteiger partial charge in [0.2, 0.25) is 5.95 Å². The number of halogens is 1. The molecule has 0 saturated heterocycles. The monoisotopic (exact) mass is 378 g/mol. The molecule has 0 bridgehead atoms. The van der Waals surface area contributed by atoms with Gasteiger partial charge in [0.25, 0.3) is 5.91 Å². The Morgan fingerprint density at radius 1 is 1.18 bits per heavy atom. The number of carbonyl (C=O) groups excluding carboxylic acids is 1. The van der Waals surface area contributed by atoms with Crippen LogP contribution in [0.1, 0.15) is 29.7 Å². The Labute approximate surface area is 161 Å². The Morgan fingerprint density at radius 2 is 1.96 bits per heavy atom. The van der Waals surface area contributed by atoms with Gasteiger partial charge >= 0.3 is 0 Å². The highest BCUT2D eigenvalue weighted by molar-refractivity contribution is 6.06. The van der Waals surface area contributed by atoms with Crippen LogP contribution in [0, 0.1) is 19.7 Å². The van der Waals surface area contributed by atoms with Crippen LogP contribution in [0.25, 0.3) is 0 Å². The number of fused-ring (bicyclic) bond motifs is 1. The average Bonchev–Trinajstić information content (AvgIpc) is 3.11. The molecule has 2 aromatic carbocycles. The van der Waals surface area contributed by atoms with Crippen LogP contribution in [-0.4, -0.2) is 26.1 Å². The van der Waals surface area contributed by atoms with Gasteiger partial charge in [0.05, 0.1) is 5.57 Å². The minimum absolute atomic E-state index is 0.322. The molecule has 3 aromatic rings. The van der Waals surface area contributed by atoms with Crippen molar-refractivity contribution >= 4 is 17.5 Å². The molecule has 0 aliphatic carbocycles. The second kappa shape index (κ2) is 6.88. The van der Waals surface area contributed by atoms with E-state index in [9.17, 15) is 9.18 Å². The maximum absolute atomic E-state index is 14.6. The fourth-order valence-electron chi connectivity index (χ4n) is 3.43. The van der Waals surface area contributed by atoms with Crippen LogP contribution in [0.4, 0.5) is 16.0 Å². The summed E-state index contributed by atoms with van der Waals surface area (Å²) in [6.45, 7) is 5.67. The molecular formula is C20H19FN6O. The number of aromatic nitrogens is 4. The predicted octanol–water partition coefficient (Wildman–Crippen LogP) is 3.36. The zero-order valence-electron chi connectivity index (χ0n) is 15.7. The standard InChI is InChI=1S/C20H19FN6O/c1-11-8-9-16(12(2)10-11)23-19(28)17-13(3)22-20-24-25-26-27(20)18(17)14-6-4-5-7-15(14)21/h4-10,18H,1-3H3,(H,23,28)(H,22,24,26)/t18-/m1/s1. The Hall–Kier alpha value is -3.55. The quantitative estimate of drug-likeness (QED) is 0.730. The second-order valence-electron chi connectivity index (χ2n) is 6.81. The largest absolute Gasteiger partial charge is 0.326 e. The Balaban J connectivity index is 1.79. The number of nitrogens with one attached hydrogen (secondary N) is 2. The smallest absolute Gasteiger partial charge is 0.255 e. The molecule has 8 heteroatoms. The summed E-state index contributed by atoms with van der Waals surface area (Å²) >= 11 is 0. The SMILES string of the molecule is CC1=C(C(=O)Nc2ccc(C)cc2C)[C@@H](c2ccccc2F)n2nnnc2N1. The summed E-state index contributed by atoms with van der Waals surface area (Å²) in [6.07, 6.45) is 0. The van der Waals surface area contributed by atoms with Gasteiger partial charge < -0.3 is 10.6 Å². The zero-order chi connectivity index (χ0) is 19.8. The molecule has 2 N–H and O–H groups in total. The zero-order valence-corrected chi connectivity index (χ0v) is 15.7. The normalized spacial score (nSPS) is 15.8. The number of hydrogen-bond donors (Lipinski definition) is 2. The van der Waals surface area contributed by atoms with E-state index in [0.717, 1.165) is 11.1 Å². The van der Waals surface area contributed by atoms with Crippen LogP contribution in [0.2, 0.25) is 0 Å². The molecule has 1 aromatic heterocycles. The lowest BCUT2D eigenvalue weighted by Gasteiger charge is -2.28. The fraction of sp³-hybridized carbons (Fsp3) is 0.200. The van der Waals surface area contributed by atoms with Crippen LogP contribution in [0.3, 0.4) is 0 Å². The lowest BCUT2D eigenvalue weighted by atomic mass is 9.94. The van der Waals surface area contributed by atoms with Crippen LogP contribution in [-0.2, 0) is 4.79 Å². The van der Waals surface area contributed by atoms with Crippen molar-refractivity contribution in [1.29, 1.82) is 0 Å². The molecule has 0 radical (unpaired) electrons. The maximum atomic E-state index is 14.6. The predicted molar refractivity (Wildman–Crippen MR) is 103 cm³/mol. The number of aryl methyl sites for hydroxylation is 2. The van der Waals surface area contributed by atoms with E-state index in [2.05, 4.69) is 26.2 Å². The van der Waals surface area contributed by atoms with E-state index in [1.54, 1.807) is 25.1 Å². The van der Waals surface area contributed by atoms with Crippen LogP contribution in [0.15, 0.2) is 53.7 Å². The van der Waals surface area contributed by atoms with Gasteiger partial charge in [-0.05, 0) is 48.9 Å². The van der Waals surface area contributed by atoms with Crippen LogP contribution < -0.4 is 10.6 Å². The first-order chi connectivity index (χ1) is 13.5. The van der Waals surface area contributed by atoms with Gasteiger partial charge in [-0.3, -0.25) is 4.79 Å². The third kappa shape index (κ3) is 3.02. The molecule has 1 aliphatic rings. The molecule has 1 aliphatic heterocycles. The van der Waals surface area contributed by atoms with Crippen molar-refractivity contribution in [2.24, 2.45) is 0 Å². The van der Waals surface area contributed by atoms with Crippen LogP contribution in [0.5, 0.6) is 0 Å². The molecule has 0 fully saturated rings. The molecule has 0 saturated carbocycles. The molecule has 0 unspecified atom stereocenters. The van der Waals surface area contributed by atoms with Gasteiger partial charge in [0, 0.05) is 16.9 Å². The number of benzene rings is 2. The van der Waals surface area contributed by atoms with E-state index in [4.69, 9.17) is 0 Å².